The molecule has 2 heterocycles. The van der Waals surface area contributed by atoms with Gasteiger partial charge in [-0.15, -0.1) is 0 Å². The third-order valence-corrected chi connectivity index (χ3v) is 3.91. The number of carbonyl (C=O) groups excluding carboxylic acids is 1. The fourth-order valence-corrected chi connectivity index (χ4v) is 2.64. The highest BCUT2D eigenvalue weighted by Crippen LogP contribution is 2.17. The summed E-state index contributed by atoms with van der Waals surface area (Å²) in [7, 11) is 1.53. The Hall–Kier alpha value is -2.70. The van der Waals surface area contributed by atoms with Gasteiger partial charge in [0.1, 0.15) is 0 Å². The van der Waals surface area contributed by atoms with Gasteiger partial charge >= 0.3 is 6.01 Å². The molecule has 7 heteroatoms. The molecule has 0 saturated carbocycles. The first-order chi connectivity index (χ1) is 11.8. The van der Waals surface area contributed by atoms with Gasteiger partial charge in [0.25, 0.3) is 5.91 Å². The Bertz CT molecular complexity index is 687. The van der Waals surface area contributed by atoms with Crippen molar-refractivity contribution < 1.29 is 9.53 Å². The van der Waals surface area contributed by atoms with Crippen molar-refractivity contribution >= 4 is 11.9 Å². The first kappa shape index (κ1) is 16.2. The molecule has 0 atom stereocenters. The summed E-state index contributed by atoms with van der Waals surface area (Å²) in [5, 5.41) is 2.83. The molecule has 1 N–H and O–H groups in total. The number of hydrogen-bond donors (Lipinski definition) is 1. The van der Waals surface area contributed by atoms with Crippen LogP contribution in [-0.4, -0.2) is 41.1 Å². The molecule has 3 rings (SSSR count). The molecule has 1 aromatic carbocycles. The fourth-order valence-electron chi connectivity index (χ4n) is 2.64. The van der Waals surface area contributed by atoms with E-state index in [0.717, 1.165) is 25.9 Å². The van der Waals surface area contributed by atoms with Crippen LogP contribution >= 0.6 is 0 Å². The van der Waals surface area contributed by atoms with Crippen molar-refractivity contribution in [2.75, 3.05) is 25.1 Å². The van der Waals surface area contributed by atoms with E-state index in [2.05, 4.69) is 25.2 Å². The molecule has 0 unspecified atom stereocenters. The van der Waals surface area contributed by atoms with E-state index in [0.29, 0.717) is 17.3 Å². The molecule has 2 aromatic rings. The lowest BCUT2D eigenvalue weighted by atomic mass is 10.1. The maximum Gasteiger partial charge on any atom is 0.321 e. The van der Waals surface area contributed by atoms with E-state index in [1.807, 2.05) is 18.2 Å². The predicted molar refractivity (Wildman–Crippen MR) is 90.1 cm³/mol. The maximum atomic E-state index is 12.1. The van der Waals surface area contributed by atoms with E-state index in [4.69, 9.17) is 4.74 Å². The molecule has 1 saturated heterocycles. The Kier molecular flexibility index (Phi) is 5.20. The van der Waals surface area contributed by atoms with E-state index in [-0.39, 0.29) is 18.5 Å². The summed E-state index contributed by atoms with van der Waals surface area (Å²) in [5.74, 6) is 0.951. The van der Waals surface area contributed by atoms with Crippen molar-refractivity contribution in [2.24, 2.45) is 0 Å². The van der Waals surface area contributed by atoms with Crippen molar-refractivity contribution in [3.63, 3.8) is 0 Å². The van der Waals surface area contributed by atoms with Crippen LogP contribution < -0.4 is 15.0 Å². The number of nitrogens with zero attached hydrogens (tertiary/aromatic N) is 4. The topological polar surface area (TPSA) is 80.2 Å². The summed E-state index contributed by atoms with van der Waals surface area (Å²) in [5.41, 5.74) is 0.606. The van der Waals surface area contributed by atoms with Crippen molar-refractivity contribution in [2.45, 2.75) is 25.8 Å². The van der Waals surface area contributed by atoms with Crippen LogP contribution in [0.15, 0.2) is 30.3 Å². The number of methoxy groups -OCH3 is 1. The fraction of sp³-hybridized carbons (Fsp3) is 0.412. The normalized spacial score (nSPS) is 14.3. The quantitative estimate of drug-likeness (QED) is 0.902. The average Bonchev–Trinajstić information content (AvgIpc) is 2.67. The van der Waals surface area contributed by atoms with Crippen molar-refractivity contribution in [1.29, 1.82) is 0 Å². The number of aromatic nitrogens is 3. The van der Waals surface area contributed by atoms with Gasteiger partial charge in [0.05, 0.1) is 13.7 Å². The number of anilines is 1. The molecular formula is C17H21N5O2. The lowest BCUT2D eigenvalue weighted by Gasteiger charge is -2.26. The molecule has 1 aromatic heterocycles. The van der Waals surface area contributed by atoms with E-state index in [9.17, 15) is 4.79 Å². The second-order valence-electron chi connectivity index (χ2n) is 5.63. The second kappa shape index (κ2) is 7.72. The molecule has 0 spiro atoms. The van der Waals surface area contributed by atoms with Gasteiger partial charge in [-0.25, -0.2) is 0 Å². The number of hydrogen-bond acceptors (Lipinski definition) is 6. The molecule has 1 fully saturated rings. The Morgan fingerprint density at radius 2 is 1.88 bits per heavy atom. The molecule has 24 heavy (non-hydrogen) atoms. The van der Waals surface area contributed by atoms with E-state index in [1.165, 1.54) is 13.5 Å². The molecule has 1 aliphatic rings. The number of nitrogens with one attached hydrogen (secondary N) is 1. The van der Waals surface area contributed by atoms with E-state index >= 15 is 0 Å². The molecule has 1 amide bonds. The van der Waals surface area contributed by atoms with Crippen LogP contribution in [0.5, 0.6) is 6.01 Å². The highest BCUT2D eigenvalue weighted by atomic mass is 16.5. The smallest absolute Gasteiger partial charge is 0.321 e. The molecule has 0 bridgehead atoms. The first-order valence-electron chi connectivity index (χ1n) is 8.13. The lowest BCUT2D eigenvalue weighted by Crippen LogP contribution is -2.32. The van der Waals surface area contributed by atoms with Crippen LogP contribution in [0.1, 0.15) is 35.4 Å². The molecule has 0 radical (unpaired) electrons. The Labute approximate surface area is 141 Å². The Balaban J connectivity index is 1.71. The van der Waals surface area contributed by atoms with Crippen LogP contribution in [-0.2, 0) is 6.54 Å². The monoisotopic (exact) mass is 327 g/mol. The Morgan fingerprint density at radius 1 is 1.12 bits per heavy atom. The minimum Gasteiger partial charge on any atom is -0.467 e. The number of ether oxygens (including phenoxy) is 1. The molecule has 1 aliphatic heterocycles. The van der Waals surface area contributed by atoms with Crippen molar-refractivity contribution in [3.05, 3.63) is 41.7 Å². The van der Waals surface area contributed by atoms with Crippen LogP contribution in [0.4, 0.5) is 5.95 Å². The summed E-state index contributed by atoms with van der Waals surface area (Å²) >= 11 is 0. The number of benzene rings is 1. The van der Waals surface area contributed by atoms with Gasteiger partial charge in [0.2, 0.25) is 5.95 Å². The second-order valence-corrected chi connectivity index (χ2v) is 5.63. The highest BCUT2D eigenvalue weighted by Gasteiger charge is 2.17. The van der Waals surface area contributed by atoms with Gasteiger partial charge < -0.3 is 15.0 Å². The summed E-state index contributed by atoms with van der Waals surface area (Å²) in [6, 6.07) is 9.34. The van der Waals surface area contributed by atoms with Gasteiger partial charge in [-0.2, -0.15) is 15.0 Å². The predicted octanol–water partition coefficient (Wildman–Crippen LogP) is 1.80. The summed E-state index contributed by atoms with van der Waals surface area (Å²) in [4.78, 5) is 27.3. The summed E-state index contributed by atoms with van der Waals surface area (Å²) < 4.78 is 5.18. The zero-order valence-electron chi connectivity index (χ0n) is 13.7. The van der Waals surface area contributed by atoms with Crippen molar-refractivity contribution in [1.82, 2.24) is 20.3 Å². The zero-order chi connectivity index (χ0) is 16.8. The average molecular weight is 327 g/mol. The minimum atomic E-state index is -0.158. The Morgan fingerprint density at radius 3 is 2.58 bits per heavy atom. The van der Waals surface area contributed by atoms with E-state index in [1.54, 1.807) is 12.1 Å². The van der Waals surface area contributed by atoms with Crippen LogP contribution in [0.3, 0.4) is 0 Å². The minimum absolute atomic E-state index is 0.158. The van der Waals surface area contributed by atoms with Crippen LogP contribution in [0.2, 0.25) is 0 Å². The highest BCUT2D eigenvalue weighted by molar-refractivity contribution is 5.93. The molecule has 126 valence electrons. The summed E-state index contributed by atoms with van der Waals surface area (Å²) in [6.07, 6.45) is 3.50. The maximum absolute atomic E-state index is 12.1. The SMILES string of the molecule is COc1nc(CNC(=O)c2ccccc2)nc(N2CCCCC2)n1. The van der Waals surface area contributed by atoms with Gasteiger partial charge in [-0.1, -0.05) is 18.2 Å². The van der Waals surface area contributed by atoms with E-state index < -0.39 is 0 Å². The largest absolute Gasteiger partial charge is 0.467 e. The van der Waals surface area contributed by atoms with Crippen LogP contribution in [0.25, 0.3) is 0 Å². The molecule has 0 aliphatic carbocycles. The third kappa shape index (κ3) is 3.98. The number of piperidine rings is 1. The standard InChI is InChI=1S/C17H21N5O2/c1-24-17-20-14(12-18-15(23)13-8-4-2-5-9-13)19-16(21-17)22-10-6-3-7-11-22/h2,4-5,8-9H,3,6-7,10-12H2,1H3,(H,18,23). The van der Waals surface area contributed by atoms with Gasteiger partial charge in [0, 0.05) is 18.7 Å². The van der Waals surface area contributed by atoms with Gasteiger partial charge in [-0.05, 0) is 31.4 Å². The lowest BCUT2D eigenvalue weighted by molar-refractivity contribution is 0.0949. The van der Waals surface area contributed by atoms with Crippen LogP contribution in [0, 0.1) is 0 Å². The number of carbonyl (C=O) groups is 1. The zero-order valence-corrected chi connectivity index (χ0v) is 13.7. The summed E-state index contributed by atoms with van der Waals surface area (Å²) in [6.45, 7) is 2.10. The molecular weight excluding hydrogens is 306 g/mol. The first-order valence-corrected chi connectivity index (χ1v) is 8.13. The molecule has 7 nitrogen and oxygen atoms in total. The van der Waals surface area contributed by atoms with Gasteiger partial charge in [0.15, 0.2) is 5.82 Å². The number of rotatable bonds is 5. The van der Waals surface area contributed by atoms with Crippen molar-refractivity contribution in [3.8, 4) is 6.01 Å². The van der Waals surface area contributed by atoms with Gasteiger partial charge in [-0.3, -0.25) is 4.79 Å². The number of amides is 1. The third-order valence-electron chi connectivity index (χ3n) is 3.91.